The summed E-state index contributed by atoms with van der Waals surface area (Å²) in [5, 5.41) is 11.4. The first-order chi connectivity index (χ1) is 12.0. The minimum absolute atomic E-state index is 0.0518. The molecule has 0 radical (unpaired) electrons. The van der Waals surface area contributed by atoms with Gasteiger partial charge in [0.25, 0.3) is 0 Å². The number of aryl methyl sites for hydroxylation is 2. The Morgan fingerprint density at radius 3 is 2.72 bits per heavy atom. The third-order valence-corrected chi connectivity index (χ3v) is 3.56. The van der Waals surface area contributed by atoms with Crippen LogP contribution in [0.25, 0.3) is 6.08 Å². The van der Waals surface area contributed by atoms with Crippen molar-refractivity contribution in [2.75, 3.05) is 19.0 Å². The van der Waals surface area contributed by atoms with E-state index in [0.717, 1.165) is 22.4 Å². The number of nitriles is 1. The van der Waals surface area contributed by atoms with Gasteiger partial charge in [0.05, 0.1) is 7.11 Å². The summed E-state index contributed by atoms with van der Waals surface area (Å²) in [4.78, 5) is 12.1. The highest BCUT2D eigenvalue weighted by atomic mass is 16.5. The highest BCUT2D eigenvalue weighted by Crippen LogP contribution is 2.28. The number of carbonyl (C=O) groups is 1. The van der Waals surface area contributed by atoms with Gasteiger partial charge in [0, 0.05) is 11.8 Å². The number of nitrogens with zero attached hydrogens (tertiary/aromatic N) is 1. The standard InChI is InChI=1S/C20H20N2O3/c1-14-4-5-15(2)17(12-14)22-20(23)9-7-16-6-8-18(25-11-10-21)19(13-16)24-3/h4-9,12-13H,11H2,1-3H3,(H,22,23)/b9-7+. The minimum Gasteiger partial charge on any atom is -0.493 e. The third-order valence-electron chi connectivity index (χ3n) is 3.56. The van der Waals surface area contributed by atoms with Crippen LogP contribution in [0.3, 0.4) is 0 Å². The van der Waals surface area contributed by atoms with Gasteiger partial charge in [-0.25, -0.2) is 0 Å². The van der Waals surface area contributed by atoms with Crippen molar-refractivity contribution >= 4 is 17.7 Å². The number of methoxy groups -OCH3 is 1. The molecule has 2 aromatic carbocycles. The molecule has 0 bridgehead atoms. The molecule has 128 valence electrons. The molecule has 2 aromatic rings. The van der Waals surface area contributed by atoms with Gasteiger partial charge < -0.3 is 14.8 Å². The Balaban J connectivity index is 2.09. The Morgan fingerprint density at radius 1 is 1.20 bits per heavy atom. The number of amides is 1. The Morgan fingerprint density at radius 2 is 2.00 bits per heavy atom. The summed E-state index contributed by atoms with van der Waals surface area (Å²) in [6, 6.07) is 13.1. The lowest BCUT2D eigenvalue weighted by molar-refractivity contribution is -0.111. The second kappa shape index (κ2) is 8.55. The second-order valence-corrected chi connectivity index (χ2v) is 5.50. The first-order valence-corrected chi connectivity index (χ1v) is 7.77. The molecule has 0 aromatic heterocycles. The van der Waals surface area contributed by atoms with Gasteiger partial charge in [0.2, 0.25) is 5.91 Å². The van der Waals surface area contributed by atoms with E-state index in [-0.39, 0.29) is 12.5 Å². The largest absolute Gasteiger partial charge is 0.493 e. The molecule has 5 heteroatoms. The number of hydrogen-bond acceptors (Lipinski definition) is 4. The van der Waals surface area contributed by atoms with Crippen molar-refractivity contribution in [3.05, 3.63) is 59.2 Å². The first kappa shape index (κ1) is 18.1. The second-order valence-electron chi connectivity index (χ2n) is 5.50. The van der Waals surface area contributed by atoms with Crippen LogP contribution in [0.5, 0.6) is 11.5 Å². The molecule has 0 unspecified atom stereocenters. The average molecular weight is 336 g/mol. The smallest absolute Gasteiger partial charge is 0.248 e. The molecule has 0 fully saturated rings. The van der Waals surface area contributed by atoms with Crippen LogP contribution in [0.1, 0.15) is 16.7 Å². The maximum atomic E-state index is 12.1. The molecular weight excluding hydrogens is 316 g/mol. The topological polar surface area (TPSA) is 71.3 Å². The quantitative estimate of drug-likeness (QED) is 0.813. The Labute approximate surface area is 147 Å². The summed E-state index contributed by atoms with van der Waals surface area (Å²) in [6.07, 6.45) is 3.16. The van der Waals surface area contributed by atoms with Crippen molar-refractivity contribution in [3.63, 3.8) is 0 Å². The van der Waals surface area contributed by atoms with E-state index in [2.05, 4.69) is 5.32 Å². The van der Waals surface area contributed by atoms with Crippen LogP contribution in [0.15, 0.2) is 42.5 Å². The fourth-order valence-electron chi connectivity index (χ4n) is 2.23. The van der Waals surface area contributed by atoms with E-state index in [1.807, 2.05) is 38.1 Å². The van der Waals surface area contributed by atoms with Crippen molar-refractivity contribution in [2.45, 2.75) is 13.8 Å². The van der Waals surface area contributed by atoms with E-state index in [9.17, 15) is 4.79 Å². The fourth-order valence-corrected chi connectivity index (χ4v) is 2.23. The van der Waals surface area contributed by atoms with Gasteiger partial charge in [-0.1, -0.05) is 18.2 Å². The number of rotatable bonds is 6. The van der Waals surface area contributed by atoms with E-state index < -0.39 is 0 Å². The Kier molecular flexibility index (Phi) is 6.19. The van der Waals surface area contributed by atoms with Crippen LogP contribution in [0.4, 0.5) is 5.69 Å². The van der Waals surface area contributed by atoms with Gasteiger partial charge in [-0.15, -0.1) is 0 Å². The van der Waals surface area contributed by atoms with Crippen LogP contribution in [0, 0.1) is 25.2 Å². The van der Waals surface area contributed by atoms with E-state index in [1.54, 1.807) is 24.3 Å². The van der Waals surface area contributed by atoms with E-state index in [1.165, 1.54) is 13.2 Å². The van der Waals surface area contributed by atoms with Crippen LogP contribution in [-0.2, 0) is 4.79 Å². The molecule has 2 rings (SSSR count). The minimum atomic E-state index is -0.211. The number of ether oxygens (including phenoxy) is 2. The predicted octanol–water partition coefficient (Wildman–Crippen LogP) is 3.87. The number of benzene rings is 2. The highest BCUT2D eigenvalue weighted by molar-refractivity contribution is 6.02. The molecule has 0 heterocycles. The van der Waals surface area contributed by atoms with Crippen molar-refractivity contribution in [3.8, 4) is 17.6 Å². The number of carbonyl (C=O) groups excluding carboxylic acids is 1. The number of nitrogens with one attached hydrogen (secondary N) is 1. The lowest BCUT2D eigenvalue weighted by atomic mass is 10.1. The zero-order valence-electron chi connectivity index (χ0n) is 14.5. The summed E-state index contributed by atoms with van der Waals surface area (Å²) < 4.78 is 10.5. The summed E-state index contributed by atoms with van der Waals surface area (Å²) in [5.41, 5.74) is 3.68. The maximum absolute atomic E-state index is 12.1. The number of hydrogen-bond donors (Lipinski definition) is 1. The van der Waals surface area contributed by atoms with Crippen LogP contribution in [-0.4, -0.2) is 19.6 Å². The highest BCUT2D eigenvalue weighted by Gasteiger charge is 2.05. The lowest BCUT2D eigenvalue weighted by Crippen LogP contribution is -2.09. The van der Waals surface area contributed by atoms with Crippen molar-refractivity contribution in [1.29, 1.82) is 5.26 Å². The van der Waals surface area contributed by atoms with Gasteiger partial charge >= 0.3 is 0 Å². The van der Waals surface area contributed by atoms with Gasteiger partial charge in [0.1, 0.15) is 6.07 Å². The van der Waals surface area contributed by atoms with Crippen molar-refractivity contribution in [1.82, 2.24) is 0 Å². The molecule has 0 atom stereocenters. The van der Waals surface area contributed by atoms with Gasteiger partial charge in [-0.2, -0.15) is 5.26 Å². The maximum Gasteiger partial charge on any atom is 0.248 e. The zero-order valence-corrected chi connectivity index (χ0v) is 14.5. The predicted molar refractivity (Wildman–Crippen MR) is 97.7 cm³/mol. The number of anilines is 1. The lowest BCUT2D eigenvalue weighted by Gasteiger charge is -2.09. The van der Waals surface area contributed by atoms with Crippen molar-refractivity contribution in [2.24, 2.45) is 0 Å². The molecule has 0 aliphatic heterocycles. The van der Waals surface area contributed by atoms with Crippen molar-refractivity contribution < 1.29 is 14.3 Å². The molecule has 0 aliphatic carbocycles. The summed E-state index contributed by atoms with van der Waals surface area (Å²) in [6.45, 7) is 3.88. The van der Waals surface area contributed by atoms with Gasteiger partial charge in [-0.05, 0) is 54.8 Å². The average Bonchev–Trinajstić information content (AvgIpc) is 2.61. The summed E-state index contributed by atoms with van der Waals surface area (Å²) >= 11 is 0. The molecule has 0 saturated carbocycles. The molecular formula is C20H20N2O3. The SMILES string of the molecule is COc1cc(/C=C/C(=O)Nc2cc(C)ccc2C)ccc1OCC#N. The van der Waals surface area contributed by atoms with Gasteiger partial charge in [-0.3, -0.25) is 4.79 Å². The van der Waals surface area contributed by atoms with Crippen LogP contribution >= 0.6 is 0 Å². The van der Waals surface area contributed by atoms with Gasteiger partial charge in [0.15, 0.2) is 18.1 Å². The molecule has 0 aliphatic rings. The molecule has 0 spiro atoms. The molecule has 25 heavy (non-hydrogen) atoms. The molecule has 1 N–H and O–H groups in total. The summed E-state index contributed by atoms with van der Waals surface area (Å²) in [5.74, 6) is 0.783. The zero-order chi connectivity index (χ0) is 18.2. The third kappa shape index (κ3) is 5.11. The van der Waals surface area contributed by atoms with E-state index in [0.29, 0.717) is 11.5 Å². The van der Waals surface area contributed by atoms with Crippen LogP contribution < -0.4 is 14.8 Å². The monoisotopic (exact) mass is 336 g/mol. The fraction of sp³-hybridized carbons (Fsp3) is 0.200. The Bertz CT molecular complexity index is 835. The van der Waals surface area contributed by atoms with Crippen LogP contribution in [0.2, 0.25) is 0 Å². The normalized spacial score (nSPS) is 10.3. The molecule has 1 amide bonds. The van der Waals surface area contributed by atoms with E-state index in [4.69, 9.17) is 14.7 Å². The summed E-state index contributed by atoms with van der Waals surface area (Å²) in [7, 11) is 1.52. The van der Waals surface area contributed by atoms with E-state index >= 15 is 0 Å². The Hall–Kier alpha value is -3.26. The molecule has 0 saturated heterocycles. The molecule has 5 nitrogen and oxygen atoms in total. The first-order valence-electron chi connectivity index (χ1n) is 7.77.